The molecule has 2 aliphatic rings. The standard InChI is InChI=1S/C15H27N3O2/c1-11(2)16-8-12-4-3-7-18(10-12)15(20)13-5-6-14(19)17-9-13/h11-13,16H,3-10H2,1-2H3,(H,17,19). The minimum atomic E-state index is -0.00971. The maximum Gasteiger partial charge on any atom is 0.227 e. The SMILES string of the molecule is CC(C)NCC1CCCN(C(=O)C2CCC(=O)NC2)C1. The lowest BCUT2D eigenvalue weighted by molar-refractivity contribution is -0.139. The van der Waals surface area contributed by atoms with Crippen molar-refractivity contribution in [1.82, 2.24) is 15.5 Å². The molecule has 0 bridgehead atoms. The maximum absolute atomic E-state index is 12.5. The van der Waals surface area contributed by atoms with E-state index in [1.165, 1.54) is 6.42 Å². The Morgan fingerprint density at radius 1 is 1.45 bits per heavy atom. The minimum absolute atomic E-state index is 0.00971. The van der Waals surface area contributed by atoms with Crippen molar-refractivity contribution in [3.8, 4) is 0 Å². The van der Waals surface area contributed by atoms with Gasteiger partial charge in [-0.2, -0.15) is 0 Å². The molecule has 0 saturated carbocycles. The van der Waals surface area contributed by atoms with Gasteiger partial charge < -0.3 is 15.5 Å². The molecule has 2 rings (SSSR count). The zero-order valence-corrected chi connectivity index (χ0v) is 12.7. The summed E-state index contributed by atoms with van der Waals surface area (Å²) in [5, 5.41) is 6.27. The zero-order valence-electron chi connectivity index (χ0n) is 12.7. The molecule has 0 radical (unpaired) electrons. The maximum atomic E-state index is 12.5. The van der Waals surface area contributed by atoms with Crippen LogP contribution in [0.1, 0.15) is 39.5 Å². The van der Waals surface area contributed by atoms with E-state index >= 15 is 0 Å². The first-order valence-corrected chi connectivity index (χ1v) is 7.85. The summed E-state index contributed by atoms with van der Waals surface area (Å²) in [4.78, 5) is 25.7. The Hall–Kier alpha value is -1.10. The van der Waals surface area contributed by atoms with Crippen LogP contribution in [0.25, 0.3) is 0 Å². The van der Waals surface area contributed by atoms with Crippen LogP contribution in [-0.4, -0.2) is 48.9 Å². The number of carbonyl (C=O) groups excluding carboxylic acids is 2. The van der Waals surface area contributed by atoms with Crippen molar-refractivity contribution in [1.29, 1.82) is 0 Å². The topological polar surface area (TPSA) is 61.4 Å². The van der Waals surface area contributed by atoms with E-state index in [4.69, 9.17) is 0 Å². The third-order valence-electron chi connectivity index (χ3n) is 4.26. The highest BCUT2D eigenvalue weighted by Gasteiger charge is 2.31. The van der Waals surface area contributed by atoms with Crippen LogP contribution in [-0.2, 0) is 9.59 Å². The lowest BCUT2D eigenvalue weighted by Crippen LogP contribution is -2.49. The fraction of sp³-hybridized carbons (Fsp3) is 0.867. The van der Waals surface area contributed by atoms with E-state index < -0.39 is 0 Å². The first kappa shape index (κ1) is 15.3. The van der Waals surface area contributed by atoms with Crippen molar-refractivity contribution in [2.24, 2.45) is 11.8 Å². The number of piperidine rings is 2. The second-order valence-corrected chi connectivity index (χ2v) is 6.40. The summed E-state index contributed by atoms with van der Waals surface area (Å²) in [5.41, 5.74) is 0. The number of hydrogen-bond acceptors (Lipinski definition) is 3. The van der Waals surface area contributed by atoms with Crippen molar-refractivity contribution in [3.05, 3.63) is 0 Å². The van der Waals surface area contributed by atoms with Crippen LogP contribution in [0, 0.1) is 11.8 Å². The van der Waals surface area contributed by atoms with E-state index in [1.54, 1.807) is 0 Å². The van der Waals surface area contributed by atoms with Gasteiger partial charge >= 0.3 is 0 Å². The number of carbonyl (C=O) groups is 2. The fourth-order valence-corrected chi connectivity index (χ4v) is 3.04. The van der Waals surface area contributed by atoms with E-state index in [-0.39, 0.29) is 17.7 Å². The fourth-order valence-electron chi connectivity index (χ4n) is 3.04. The van der Waals surface area contributed by atoms with E-state index in [0.717, 1.165) is 26.1 Å². The van der Waals surface area contributed by atoms with Crippen LogP contribution >= 0.6 is 0 Å². The first-order valence-electron chi connectivity index (χ1n) is 7.85. The van der Waals surface area contributed by atoms with Crippen LogP contribution in [0.2, 0.25) is 0 Å². The van der Waals surface area contributed by atoms with Gasteiger partial charge in [0.2, 0.25) is 11.8 Å². The summed E-state index contributed by atoms with van der Waals surface area (Å²) in [5.74, 6) is 0.865. The first-order chi connectivity index (χ1) is 9.56. The van der Waals surface area contributed by atoms with Crippen molar-refractivity contribution in [3.63, 3.8) is 0 Å². The summed E-state index contributed by atoms with van der Waals surface area (Å²) in [7, 11) is 0. The third kappa shape index (κ3) is 4.20. The zero-order chi connectivity index (χ0) is 14.5. The van der Waals surface area contributed by atoms with Crippen LogP contribution in [0.3, 0.4) is 0 Å². The highest BCUT2D eigenvalue weighted by molar-refractivity contribution is 5.83. The summed E-state index contributed by atoms with van der Waals surface area (Å²) in [6.07, 6.45) is 3.48. The average Bonchev–Trinajstić information content (AvgIpc) is 2.45. The molecule has 2 saturated heterocycles. The Kier molecular flexibility index (Phi) is 5.40. The number of nitrogens with one attached hydrogen (secondary N) is 2. The van der Waals surface area contributed by atoms with Gasteiger partial charge in [0.05, 0.1) is 5.92 Å². The lowest BCUT2D eigenvalue weighted by Gasteiger charge is -2.36. The molecule has 2 fully saturated rings. The van der Waals surface area contributed by atoms with Crippen molar-refractivity contribution >= 4 is 11.8 Å². The van der Waals surface area contributed by atoms with Crippen molar-refractivity contribution in [2.75, 3.05) is 26.2 Å². The Morgan fingerprint density at radius 3 is 2.90 bits per heavy atom. The average molecular weight is 281 g/mol. The minimum Gasteiger partial charge on any atom is -0.355 e. The largest absolute Gasteiger partial charge is 0.355 e. The predicted octanol–water partition coefficient (Wildman–Crippen LogP) is 0.749. The monoisotopic (exact) mass is 281 g/mol. The molecule has 0 aromatic carbocycles. The Labute approximate surface area is 121 Å². The van der Waals surface area contributed by atoms with Crippen molar-refractivity contribution in [2.45, 2.75) is 45.6 Å². The molecule has 2 unspecified atom stereocenters. The van der Waals surface area contributed by atoms with E-state index in [0.29, 0.717) is 31.3 Å². The molecule has 20 heavy (non-hydrogen) atoms. The molecule has 2 aliphatic heterocycles. The number of likely N-dealkylation sites (tertiary alicyclic amines) is 1. The quantitative estimate of drug-likeness (QED) is 0.799. The highest BCUT2D eigenvalue weighted by atomic mass is 16.2. The molecule has 2 atom stereocenters. The Morgan fingerprint density at radius 2 is 2.25 bits per heavy atom. The molecule has 2 N–H and O–H groups in total. The summed E-state index contributed by atoms with van der Waals surface area (Å²) >= 11 is 0. The van der Waals surface area contributed by atoms with E-state index in [9.17, 15) is 9.59 Å². The van der Waals surface area contributed by atoms with Crippen LogP contribution in [0.15, 0.2) is 0 Å². The summed E-state index contributed by atoms with van der Waals surface area (Å²) < 4.78 is 0. The van der Waals surface area contributed by atoms with Gasteiger partial charge in [-0.15, -0.1) is 0 Å². The molecule has 5 heteroatoms. The molecule has 0 aromatic rings. The molecule has 0 aromatic heterocycles. The Balaban J connectivity index is 1.81. The van der Waals surface area contributed by atoms with Gasteiger partial charge in [0.1, 0.15) is 0 Å². The van der Waals surface area contributed by atoms with Crippen LogP contribution < -0.4 is 10.6 Å². The van der Waals surface area contributed by atoms with E-state index in [1.807, 2.05) is 4.90 Å². The van der Waals surface area contributed by atoms with Crippen molar-refractivity contribution < 1.29 is 9.59 Å². The molecular formula is C15H27N3O2. The smallest absolute Gasteiger partial charge is 0.227 e. The van der Waals surface area contributed by atoms with Gasteiger partial charge in [0, 0.05) is 32.1 Å². The van der Waals surface area contributed by atoms with E-state index in [2.05, 4.69) is 24.5 Å². The van der Waals surface area contributed by atoms with Gasteiger partial charge in [0.25, 0.3) is 0 Å². The summed E-state index contributed by atoms with van der Waals surface area (Å²) in [6.45, 7) is 7.54. The van der Waals surface area contributed by atoms with Crippen LogP contribution in [0.5, 0.6) is 0 Å². The van der Waals surface area contributed by atoms with Gasteiger partial charge in [0.15, 0.2) is 0 Å². The second-order valence-electron chi connectivity index (χ2n) is 6.40. The van der Waals surface area contributed by atoms with Gasteiger partial charge in [-0.1, -0.05) is 13.8 Å². The molecule has 2 amide bonds. The normalized spacial score (nSPS) is 27.6. The van der Waals surface area contributed by atoms with Crippen LogP contribution in [0.4, 0.5) is 0 Å². The highest BCUT2D eigenvalue weighted by Crippen LogP contribution is 2.20. The van der Waals surface area contributed by atoms with Gasteiger partial charge in [-0.05, 0) is 31.7 Å². The molecular weight excluding hydrogens is 254 g/mol. The lowest BCUT2D eigenvalue weighted by atomic mass is 9.93. The second kappa shape index (κ2) is 7.07. The number of nitrogens with zero attached hydrogens (tertiary/aromatic N) is 1. The molecule has 5 nitrogen and oxygen atoms in total. The third-order valence-corrected chi connectivity index (χ3v) is 4.26. The number of amides is 2. The predicted molar refractivity (Wildman–Crippen MR) is 78.2 cm³/mol. The molecule has 0 aliphatic carbocycles. The van der Waals surface area contributed by atoms with Gasteiger partial charge in [-0.25, -0.2) is 0 Å². The van der Waals surface area contributed by atoms with Gasteiger partial charge in [-0.3, -0.25) is 9.59 Å². The number of rotatable bonds is 4. The molecule has 0 spiro atoms. The molecule has 2 heterocycles. The molecule has 114 valence electrons. The number of hydrogen-bond donors (Lipinski definition) is 2. The Bertz CT molecular complexity index is 347. The summed E-state index contributed by atoms with van der Waals surface area (Å²) in [6, 6.07) is 0.495.